The van der Waals surface area contributed by atoms with Gasteiger partial charge in [0.25, 0.3) is 0 Å². The van der Waals surface area contributed by atoms with Crippen molar-refractivity contribution in [2.24, 2.45) is 0 Å². The third-order valence-electron chi connectivity index (χ3n) is 5.09. The summed E-state index contributed by atoms with van der Waals surface area (Å²) in [7, 11) is 0. The largest absolute Gasteiger partial charge is 0.352 e. The first-order valence-corrected chi connectivity index (χ1v) is 11.0. The van der Waals surface area contributed by atoms with Gasteiger partial charge in [-0.05, 0) is 76.1 Å². The number of carbonyl (C=O) groups excluding carboxylic acids is 1. The zero-order valence-electron chi connectivity index (χ0n) is 16.7. The molecule has 1 amide bonds. The van der Waals surface area contributed by atoms with Gasteiger partial charge in [-0.15, -0.1) is 11.8 Å². The molecule has 0 fully saturated rings. The highest BCUT2D eigenvalue weighted by Crippen LogP contribution is 2.38. The van der Waals surface area contributed by atoms with Crippen LogP contribution in [0.25, 0.3) is 17.2 Å². The van der Waals surface area contributed by atoms with Gasteiger partial charge < -0.3 is 5.32 Å². The molecular formula is C26H22FNOS. The van der Waals surface area contributed by atoms with Crippen molar-refractivity contribution in [3.8, 4) is 0 Å². The van der Waals surface area contributed by atoms with Crippen LogP contribution in [0.1, 0.15) is 28.7 Å². The molecule has 30 heavy (non-hydrogen) atoms. The minimum atomic E-state index is -0.296. The van der Waals surface area contributed by atoms with Crippen molar-refractivity contribution in [2.45, 2.75) is 17.9 Å². The molecule has 150 valence electrons. The van der Waals surface area contributed by atoms with Gasteiger partial charge in [0.1, 0.15) is 5.82 Å². The number of hydrogen-bond acceptors (Lipinski definition) is 2. The first kappa shape index (κ1) is 20.2. The first-order chi connectivity index (χ1) is 14.6. The number of nitrogens with one attached hydrogen (secondary N) is 1. The van der Waals surface area contributed by atoms with Gasteiger partial charge in [0.05, 0.1) is 6.42 Å². The van der Waals surface area contributed by atoms with Crippen LogP contribution >= 0.6 is 11.8 Å². The van der Waals surface area contributed by atoms with Gasteiger partial charge >= 0.3 is 0 Å². The van der Waals surface area contributed by atoms with E-state index in [0.717, 1.165) is 33.4 Å². The Bertz CT molecular complexity index is 1120. The summed E-state index contributed by atoms with van der Waals surface area (Å²) in [6, 6.07) is 22.9. The van der Waals surface area contributed by atoms with Crippen molar-refractivity contribution in [3.05, 3.63) is 107 Å². The van der Waals surface area contributed by atoms with Gasteiger partial charge in [0.15, 0.2) is 0 Å². The Morgan fingerprint density at radius 1 is 1.00 bits per heavy atom. The second-order valence-corrected chi connectivity index (χ2v) is 8.05. The quantitative estimate of drug-likeness (QED) is 0.486. The van der Waals surface area contributed by atoms with E-state index in [1.165, 1.54) is 17.0 Å². The number of carbonyl (C=O) groups is 1. The molecule has 0 aromatic heterocycles. The van der Waals surface area contributed by atoms with Crippen molar-refractivity contribution in [2.75, 3.05) is 6.26 Å². The lowest BCUT2D eigenvalue weighted by Crippen LogP contribution is -2.22. The second kappa shape index (κ2) is 9.14. The minimum Gasteiger partial charge on any atom is -0.352 e. The minimum absolute atomic E-state index is 0.0779. The molecule has 2 nitrogen and oxygen atoms in total. The smallest absolute Gasteiger partial charge is 0.224 e. The Morgan fingerprint density at radius 3 is 2.50 bits per heavy atom. The van der Waals surface area contributed by atoms with Crippen molar-refractivity contribution in [3.63, 3.8) is 0 Å². The highest BCUT2D eigenvalue weighted by molar-refractivity contribution is 7.98. The van der Waals surface area contributed by atoms with Gasteiger partial charge in [0, 0.05) is 11.4 Å². The van der Waals surface area contributed by atoms with Crippen molar-refractivity contribution in [1.82, 2.24) is 5.32 Å². The highest BCUT2D eigenvalue weighted by atomic mass is 32.2. The van der Waals surface area contributed by atoms with Crippen LogP contribution in [0, 0.1) is 5.82 Å². The van der Waals surface area contributed by atoms with Crippen LogP contribution in [-0.2, 0) is 11.3 Å². The fraction of sp³-hybridized carbons (Fsp3) is 0.115. The summed E-state index contributed by atoms with van der Waals surface area (Å²) in [5.74, 6) is -0.374. The summed E-state index contributed by atoms with van der Waals surface area (Å²) in [6.07, 6.45) is 6.34. The second-order valence-electron chi connectivity index (χ2n) is 7.17. The van der Waals surface area contributed by atoms with Crippen LogP contribution in [0.3, 0.4) is 0 Å². The number of fused-ring (bicyclic) bond motifs is 1. The maximum atomic E-state index is 13.9. The fourth-order valence-electron chi connectivity index (χ4n) is 3.55. The van der Waals surface area contributed by atoms with Crippen LogP contribution < -0.4 is 5.32 Å². The van der Waals surface area contributed by atoms with E-state index in [0.29, 0.717) is 6.54 Å². The van der Waals surface area contributed by atoms with E-state index in [1.807, 2.05) is 42.7 Å². The molecule has 4 heteroatoms. The molecule has 3 aromatic rings. The monoisotopic (exact) mass is 415 g/mol. The molecule has 0 atom stereocenters. The molecule has 0 heterocycles. The number of hydrogen-bond donors (Lipinski definition) is 1. The van der Waals surface area contributed by atoms with Gasteiger partial charge in [-0.2, -0.15) is 0 Å². The predicted molar refractivity (Wildman–Crippen MR) is 123 cm³/mol. The van der Waals surface area contributed by atoms with Gasteiger partial charge in [-0.1, -0.05) is 48.5 Å². The van der Waals surface area contributed by atoms with E-state index in [-0.39, 0.29) is 18.1 Å². The Labute approximate surface area is 180 Å². The number of halogens is 1. The molecule has 0 saturated heterocycles. The van der Waals surface area contributed by atoms with Crippen LogP contribution in [-0.4, -0.2) is 12.2 Å². The van der Waals surface area contributed by atoms with Crippen molar-refractivity contribution >= 4 is 34.9 Å². The van der Waals surface area contributed by atoms with E-state index >= 15 is 0 Å². The molecule has 0 aliphatic heterocycles. The molecule has 0 spiro atoms. The van der Waals surface area contributed by atoms with Gasteiger partial charge in [-0.25, -0.2) is 4.39 Å². The summed E-state index contributed by atoms with van der Waals surface area (Å²) >= 11 is 1.70. The number of allylic oxidation sites excluding steroid dienone is 2. The number of benzene rings is 3. The lowest BCUT2D eigenvalue weighted by Gasteiger charge is -2.08. The summed E-state index contributed by atoms with van der Waals surface area (Å²) in [5.41, 5.74) is 5.69. The summed E-state index contributed by atoms with van der Waals surface area (Å²) in [6.45, 7) is 0.480. The normalized spacial score (nSPS) is 13.8. The van der Waals surface area contributed by atoms with Crippen LogP contribution in [0.15, 0.2) is 83.8 Å². The van der Waals surface area contributed by atoms with E-state index in [2.05, 4.69) is 35.7 Å². The average molecular weight is 416 g/mol. The Kier molecular flexibility index (Phi) is 6.15. The highest BCUT2D eigenvalue weighted by Gasteiger charge is 2.21. The van der Waals surface area contributed by atoms with Crippen molar-refractivity contribution in [1.29, 1.82) is 0 Å². The molecule has 0 radical (unpaired) electrons. The molecule has 1 aliphatic rings. The maximum absolute atomic E-state index is 13.9. The lowest BCUT2D eigenvalue weighted by molar-refractivity contribution is -0.120. The molecule has 4 rings (SSSR count). The molecule has 1 N–H and O–H groups in total. The summed E-state index contributed by atoms with van der Waals surface area (Å²) in [4.78, 5) is 13.7. The number of amides is 1. The average Bonchev–Trinajstić information content (AvgIpc) is 3.09. The zero-order valence-corrected chi connectivity index (χ0v) is 17.5. The topological polar surface area (TPSA) is 29.1 Å². The van der Waals surface area contributed by atoms with Crippen LogP contribution in [0.5, 0.6) is 0 Å². The van der Waals surface area contributed by atoms with E-state index < -0.39 is 0 Å². The first-order valence-electron chi connectivity index (χ1n) is 9.79. The van der Waals surface area contributed by atoms with E-state index in [4.69, 9.17) is 0 Å². The molecule has 0 unspecified atom stereocenters. The Hall–Kier alpha value is -3.11. The molecular weight excluding hydrogens is 393 g/mol. The Morgan fingerprint density at radius 2 is 1.77 bits per heavy atom. The van der Waals surface area contributed by atoms with Crippen LogP contribution in [0.2, 0.25) is 0 Å². The summed E-state index contributed by atoms with van der Waals surface area (Å²) < 4.78 is 13.9. The molecule has 0 saturated carbocycles. The molecule has 1 aliphatic carbocycles. The summed E-state index contributed by atoms with van der Waals surface area (Å²) in [5, 5.41) is 2.95. The molecule has 3 aromatic carbocycles. The van der Waals surface area contributed by atoms with Crippen molar-refractivity contribution < 1.29 is 9.18 Å². The number of rotatable bonds is 6. The molecule has 0 bridgehead atoms. The lowest BCUT2D eigenvalue weighted by atomic mass is 10.0. The predicted octanol–water partition coefficient (Wildman–Crippen LogP) is 6.19. The Balaban J connectivity index is 1.55. The maximum Gasteiger partial charge on any atom is 0.224 e. The van der Waals surface area contributed by atoms with Gasteiger partial charge in [0.2, 0.25) is 5.91 Å². The number of thioether (sulfide) groups is 1. The van der Waals surface area contributed by atoms with E-state index in [9.17, 15) is 9.18 Å². The fourth-order valence-corrected chi connectivity index (χ4v) is 3.96. The zero-order chi connectivity index (χ0) is 20.9. The van der Waals surface area contributed by atoms with Gasteiger partial charge in [-0.3, -0.25) is 4.79 Å². The standard InChI is InChI=1S/C26H22FNOS/c1-30-23-10-7-18(8-11-23)13-20-14-21(25-16-22(27)9-12-24(20)25)15-26(29)28-17-19-5-3-2-4-6-19/h2-14,16H,15,17H2,1H3,(H,28,29)/b20-13-. The van der Waals surface area contributed by atoms with Crippen LogP contribution in [0.4, 0.5) is 4.39 Å². The SMILES string of the molecule is CSc1ccc(/C=C2/C=C(CC(=O)NCc3ccccc3)c3cc(F)ccc32)cc1. The third-order valence-corrected chi connectivity index (χ3v) is 5.83. The third kappa shape index (κ3) is 4.71. The van der Waals surface area contributed by atoms with E-state index in [1.54, 1.807) is 17.8 Å².